The quantitative estimate of drug-likeness (QED) is 0.853. The van der Waals surface area contributed by atoms with E-state index in [2.05, 4.69) is 27.3 Å². The van der Waals surface area contributed by atoms with Gasteiger partial charge in [-0.15, -0.1) is 0 Å². The van der Waals surface area contributed by atoms with E-state index in [-0.39, 0.29) is 5.54 Å². The molecule has 2 rings (SSSR count). The molecule has 0 aliphatic carbocycles. The monoisotopic (exact) mass is 238 g/mol. The average molecular weight is 238 g/mol. The van der Waals surface area contributed by atoms with Gasteiger partial charge < -0.3 is 14.7 Å². The van der Waals surface area contributed by atoms with Crippen LogP contribution in [0.25, 0.3) is 0 Å². The molecule has 0 spiro atoms. The summed E-state index contributed by atoms with van der Waals surface area (Å²) < 4.78 is 5.40. The Hall–Kier alpha value is -0.940. The number of nitrogens with one attached hydrogen (secondary N) is 1. The van der Waals surface area contributed by atoms with Crippen LogP contribution in [0.5, 0.6) is 0 Å². The van der Waals surface area contributed by atoms with Crippen LogP contribution in [0.1, 0.15) is 37.9 Å². The molecule has 0 radical (unpaired) electrons. The molecule has 0 amide bonds. The molecule has 1 unspecified atom stereocenters. The number of piperidine rings is 1. The minimum atomic E-state index is -0.123. The summed E-state index contributed by atoms with van der Waals surface area (Å²) in [6.45, 7) is 4.13. The van der Waals surface area contributed by atoms with Gasteiger partial charge in [-0.05, 0) is 46.8 Å². The number of aromatic nitrogens is 2. The molecule has 5 heteroatoms. The molecule has 1 N–H and O–H groups in total. The summed E-state index contributed by atoms with van der Waals surface area (Å²) in [6.07, 6.45) is 4.37. The molecule has 0 bridgehead atoms. The highest BCUT2D eigenvalue weighted by atomic mass is 16.5. The second-order valence-corrected chi connectivity index (χ2v) is 5.29. The zero-order valence-electron chi connectivity index (χ0n) is 11.0. The van der Waals surface area contributed by atoms with E-state index in [9.17, 15) is 0 Å². The molecule has 1 aromatic rings. The number of hydrogen-bond acceptors (Lipinski definition) is 5. The molecule has 1 aromatic heterocycles. The van der Waals surface area contributed by atoms with Crippen molar-refractivity contribution in [2.75, 3.05) is 27.2 Å². The SMILES string of the molecule is CN(C)CCc1noc(C2(C)CCCCN2)n1. The molecule has 5 nitrogen and oxygen atoms in total. The van der Waals surface area contributed by atoms with Gasteiger partial charge >= 0.3 is 0 Å². The molecule has 96 valence electrons. The van der Waals surface area contributed by atoms with Crippen molar-refractivity contribution >= 4 is 0 Å². The highest BCUT2D eigenvalue weighted by Gasteiger charge is 2.33. The van der Waals surface area contributed by atoms with Gasteiger partial charge in [-0.25, -0.2) is 0 Å². The Labute approximate surface area is 103 Å². The number of rotatable bonds is 4. The lowest BCUT2D eigenvalue weighted by atomic mass is 9.91. The van der Waals surface area contributed by atoms with E-state index in [1.54, 1.807) is 0 Å². The van der Waals surface area contributed by atoms with E-state index in [0.29, 0.717) is 0 Å². The van der Waals surface area contributed by atoms with Gasteiger partial charge in [0.25, 0.3) is 0 Å². The molecule has 0 saturated carbocycles. The van der Waals surface area contributed by atoms with E-state index in [4.69, 9.17) is 4.52 Å². The van der Waals surface area contributed by atoms with Gasteiger partial charge in [0.2, 0.25) is 5.89 Å². The minimum absolute atomic E-state index is 0.123. The van der Waals surface area contributed by atoms with Crippen molar-refractivity contribution in [3.05, 3.63) is 11.7 Å². The molecule has 1 fully saturated rings. The lowest BCUT2D eigenvalue weighted by Gasteiger charge is -2.31. The van der Waals surface area contributed by atoms with E-state index in [0.717, 1.165) is 37.6 Å². The molecule has 0 aromatic carbocycles. The van der Waals surface area contributed by atoms with E-state index < -0.39 is 0 Å². The third-order valence-corrected chi connectivity index (χ3v) is 3.34. The second-order valence-electron chi connectivity index (χ2n) is 5.29. The third kappa shape index (κ3) is 3.04. The van der Waals surface area contributed by atoms with Gasteiger partial charge in [-0.1, -0.05) is 5.16 Å². The van der Waals surface area contributed by atoms with Gasteiger partial charge in [0.05, 0.1) is 5.54 Å². The van der Waals surface area contributed by atoms with Gasteiger partial charge in [-0.3, -0.25) is 0 Å². The highest BCUT2D eigenvalue weighted by molar-refractivity contribution is 5.03. The lowest BCUT2D eigenvalue weighted by molar-refractivity contribution is 0.206. The number of nitrogens with zero attached hydrogens (tertiary/aromatic N) is 3. The van der Waals surface area contributed by atoms with Crippen LogP contribution < -0.4 is 5.32 Å². The van der Waals surface area contributed by atoms with E-state index >= 15 is 0 Å². The number of likely N-dealkylation sites (N-methyl/N-ethyl adjacent to an activating group) is 1. The minimum Gasteiger partial charge on any atom is -0.337 e. The Balaban J connectivity index is 2.01. The summed E-state index contributed by atoms with van der Waals surface area (Å²) in [5.41, 5.74) is -0.123. The predicted octanol–water partition coefficient (Wildman–Crippen LogP) is 1.16. The first kappa shape index (κ1) is 12.5. The molecular weight excluding hydrogens is 216 g/mol. The molecule has 1 saturated heterocycles. The maximum atomic E-state index is 5.40. The lowest BCUT2D eigenvalue weighted by Crippen LogP contribution is -2.43. The topological polar surface area (TPSA) is 54.2 Å². The zero-order valence-corrected chi connectivity index (χ0v) is 11.0. The molecular formula is C12H22N4O. The highest BCUT2D eigenvalue weighted by Crippen LogP contribution is 2.28. The van der Waals surface area contributed by atoms with Crippen LogP contribution >= 0.6 is 0 Å². The largest absolute Gasteiger partial charge is 0.337 e. The van der Waals surface area contributed by atoms with Crippen LogP contribution in [0.2, 0.25) is 0 Å². The van der Waals surface area contributed by atoms with Gasteiger partial charge in [0.1, 0.15) is 0 Å². The van der Waals surface area contributed by atoms with Crippen molar-refractivity contribution in [2.45, 2.75) is 38.1 Å². The first-order chi connectivity index (χ1) is 8.10. The zero-order chi connectivity index (χ0) is 12.3. The third-order valence-electron chi connectivity index (χ3n) is 3.34. The maximum Gasteiger partial charge on any atom is 0.246 e. The standard InChI is InChI=1S/C12H22N4O/c1-12(7-4-5-8-13-12)11-14-10(15-17-11)6-9-16(2)3/h13H,4-9H2,1-3H3. The molecule has 1 aliphatic heterocycles. The Morgan fingerprint density at radius 1 is 1.41 bits per heavy atom. The first-order valence-electron chi connectivity index (χ1n) is 6.33. The fourth-order valence-electron chi connectivity index (χ4n) is 2.14. The average Bonchev–Trinajstić information content (AvgIpc) is 2.76. The fourth-order valence-corrected chi connectivity index (χ4v) is 2.14. The summed E-state index contributed by atoms with van der Waals surface area (Å²) in [6, 6.07) is 0. The van der Waals surface area contributed by atoms with Crippen molar-refractivity contribution < 1.29 is 4.52 Å². The molecule has 1 aliphatic rings. The Morgan fingerprint density at radius 2 is 2.24 bits per heavy atom. The van der Waals surface area contributed by atoms with Gasteiger partial charge in [-0.2, -0.15) is 4.98 Å². The smallest absolute Gasteiger partial charge is 0.246 e. The fraction of sp³-hybridized carbons (Fsp3) is 0.833. The van der Waals surface area contributed by atoms with Crippen LogP contribution in [-0.2, 0) is 12.0 Å². The summed E-state index contributed by atoms with van der Waals surface area (Å²) >= 11 is 0. The Morgan fingerprint density at radius 3 is 2.88 bits per heavy atom. The number of hydrogen-bond donors (Lipinski definition) is 1. The van der Waals surface area contributed by atoms with Crippen molar-refractivity contribution in [3.8, 4) is 0 Å². The van der Waals surface area contributed by atoms with Crippen LogP contribution in [0.4, 0.5) is 0 Å². The molecule has 2 heterocycles. The van der Waals surface area contributed by atoms with E-state index in [1.807, 2.05) is 14.1 Å². The van der Waals surface area contributed by atoms with Crippen LogP contribution in [-0.4, -0.2) is 42.2 Å². The Bertz CT molecular complexity index is 355. The summed E-state index contributed by atoms with van der Waals surface area (Å²) in [4.78, 5) is 6.63. The summed E-state index contributed by atoms with van der Waals surface area (Å²) in [5, 5.41) is 7.54. The Kier molecular flexibility index (Phi) is 3.79. The molecule has 17 heavy (non-hydrogen) atoms. The molecule has 1 atom stereocenters. The predicted molar refractivity (Wildman–Crippen MR) is 65.8 cm³/mol. The van der Waals surface area contributed by atoms with Gasteiger partial charge in [0.15, 0.2) is 5.82 Å². The first-order valence-corrected chi connectivity index (χ1v) is 6.33. The van der Waals surface area contributed by atoms with Crippen LogP contribution in [0, 0.1) is 0 Å². The van der Waals surface area contributed by atoms with Crippen molar-refractivity contribution in [2.24, 2.45) is 0 Å². The van der Waals surface area contributed by atoms with Crippen molar-refractivity contribution in [1.82, 2.24) is 20.4 Å². The normalized spacial score (nSPS) is 25.4. The maximum absolute atomic E-state index is 5.40. The van der Waals surface area contributed by atoms with Crippen LogP contribution in [0.3, 0.4) is 0 Å². The van der Waals surface area contributed by atoms with Crippen LogP contribution in [0.15, 0.2) is 4.52 Å². The summed E-state index contributed by atoms with van der Waals surface area (Å²) in [7, 11) is 4.09. The second kappa shape index (κ2) is 5.14. The van der Waals surface area contributed by atoms with E-state index in [1.165, 1.54) is 12.8 Å². The van der Waals surface area contributed by atoms with Crippen molar-refractivity contribution in [1.29, 1.82) is 0 Å². The summed E-state index contributed by atoms with van der Waals surface area (Å²) in [5.74, 6) is 1.55. The van der Waals surface area contributed by atoms with Gasteiger partial charge in [0, 0.05) is 13.0 Å². The van der Waals surface area contributed by atoms with Crippen molar-refractivity contribution in [3.63, 3.8) is 0 Å².